The van der Waals surface area contributed by atoms with Gasteiger partial charge in [-0.2, -0.15) is 0 Å². The standard InChI is InChI=1S/C32H40O6S/c1-7-39(34,35)18-17-36-29-19-23(2)31(24(3)20-29)27-10-8-9-26(21-27)22-37-28-14-11-25(12-15-28)13-16-30(33)38-32(4,5)6/h8-12,14-15,19-21H,7,13,16-18,22H2,1-6H3. The maximum Gasteiger partial charge on any atom is 0.306 e. The third-order valence-corrected chi connectivity index (χ3v) is 7.86. The van der Waals surface area contributed by atoms with Gasteiger partial charge in [-0.05, 0) is 105 Å². The van der Waals surface area contributed by atoms with Gasteiger partial charge in [-0.25, -0.2) is 8.42 Å². The predicted octanol–water partition coefficient (Wildman–Crippen LogP) is 6.64. The molecule has 3 aromatic rings. The van der Waals surface area contributed by atoms with Crippen LogP contribution in [0.15, 0.2) is 60.7 Å². The molecule has 0 saturated carbocycles. The fourth-order valence-electron chi connectivity index (χ4n) is 4.27. The fourth-order valence-corrected chi connectivity index (χ4v) is 4.89. The van der Waals surface area contributed by atoms with Gasteiger partial charge in [0.2, 0.25) is 0 Å². The monoisotopic (exact) mass is 552 g/mol. The summed E-state index contributed by atoms with van der Waals surface area (Å²) in [6.07, 6.45) is 0.967. The van der Waals surface area contributed by atoms with Gasteiger partial charge in [-0.1, -0.05) is 37.3 Å². The lowest BCUT2D eigenvalue weighted by Gasteiger charge is -2.19. The highest BCUT2D eigenvalue weighted by Crippen LogP contribution is 2.32. The van der Waals surface area contributed by atoms with Crippen LogP contribution in [0, 0.1) is 13.8 Å². The number of carbonyl (C=O) groups is 1. The van der Waals surface area contributed by atoms with Crippen LogP contribution in [0.3, 0.4) is 0 Å². The summed E-state index contributed by atoms with van der Waals surface area (Å²) < 4.78 is 40.6. The van der Waals surface area contributed by atoms with E-state index in [1.54, 1.807) is 6.92 Å². The molecule has 0 atom stereocenters. The Labute approximate surface area is 233 Å². The van der Waals surface area contributed by atoms with Crippen LogP contribution < -0.4 is 9.47 Å². The summed E-state index contributed by atoms with van der Waals surface area (Å²) in [7, 11) is -3.06. The van der Waals surface area contributed by atoms with Crippen molar-refractivity contribution in [3.05, 3.63) is 82.9 Å². The summed E-state index contributed by atoms with van der Waals surface area (Å²) in [6, 6.07) is 20.0. The highest BCUT2D eigenvalue weighted by atomic mass is 32.2. The minimum Gasteiger partial charge on any atom is -0.493 e. The van der Waals surface area contributed by atoms with Crippen LogP contribution in [0.5, 0.6) is 11.5 Å². The summed E-state index contributed by atoms with van der Waals surface area (Å²) >= 11 is 0. The number of rotatable bonds is 12. The molecule has 0 heterocycles. The molecule has 0 bridgehead atoms. The molecule has 0 amide bonds. The molecular formula is C32H40O6S. The molecule has 0 fully saturated rings. The van der Waals surface area contributed by atoms with Crippen molar-refractivity contribution in [1.29, 1.82) is 0 Å². The molecule has 7 heteroatoms. The molecule has 3 aromatic carbocycles. The van der Waals surface area contributed by atoms with Crippen LogP contribution in [0.4, 0.5) is 0 Å². The Bertz CT molecular complexity index is 1350. The number of hydrogen-bond acceptors (Lipinski definition) is 6. The predicted molar refractivity (Wildman–Crippen MR) is 156 cm³/mol. The second kappa shape index (κ2) is 13.2. The Hall–Kier alpha value is -3.32. The summed E-state index contributed by atoms with van der Waals surface area (Å²) in [5.74, 6) is 1.38. The zero-order valence-corrected chi connectivity index (χ0v) is 24.7. The largest absolute Gasteiger partial charge is 0.493 e. The third kappa shape index (κ3) is 9.74. The topological polar surface area (TPSA) is 78.9 Å². The van der Waals surface area contributed by atoms with E-state index in [0.29, 0.717) is 25.2 Å². The van der Waals surface area contributed by atoms with Crippen LogP contribution in [-0.4, -0.2) is 38.1 Å². The Morgan fingerprint density at radius 1 is 0.846 bits per heavy atom. The van der Waals surface area contributed by atoms with E-state index in [9.17, 15) is 13.2 Å². The fraction of sp³-hybridized carbons (Fsp3) is 0.406. The Kier molecular flexibility index (Phi) is 10.2. The molecule has 0 aromatic heterocycles. The molecule has 0 spiro atoms. The summed E-state index contributed by atoms with van der Waals surface area (Å²) in [5, 5.41) is 0. The van der Waals surface area contributed by atoms with Gasteiger partial charge in [0.15, 0.2) is 9.84 Å². The first-order valence-electron chi connectivity index (χ1n) is 13.3. The Balaban J connectivity index is 1.60. The first-order chi connectivity index (χ1) is 18.3. The molecule has 39 heavy (non-hydrogen) atoms. The highest BCUT2D eigenvalue weighted by Gasteiger charge is 2.16. The summed E-state index contributed by atoms with van der Waals surface area (Å²) in [5.41, 5.74) is 5.96. The van der Waals surface area contributed by atoms with E-state index in [1.807, 2.05) is 83.1 Å². The Morgan fingerprint density at radius 3 is 2.13 bits per heavy atom. The van der Waals surface area contributed by atoms with Crippen molar-refractivity contribution in [3.8, 4) is 22.6 Å². The highest BCUT2D eigenvalue weighted by molar-refractivity contribution is 7.91. The number of ether oxygens (including phenoxy) is 3. The van der Waals surface area contributed by atoms with Crippen LogP contribution >= 0.6 is 0 Å². The van der Waals surface area contributed by atoms with E-state index in [2.05, 4.69) is 12.1 Å². The molecule has 0 aliphatic rings. The van der Waals surface area contributed by atoms with Gasteiger partial charge in [0.05, 0.1) is 5.75 Å². The van der Waals surface area contributed by atoms with Crippen molar-refractivity contribution in [2.45, 2.75) is 66.6 Å². The van der Waals surface area contributed by atoms with Gasteiger partial charge >= 0.3 is 5.97 Å². The molecule has 6 nitrogen and oxygen atoms in total. The maximum absolute atomic E-state index is 12.0. The van der Waals surface area contributed by atoms with Crippen molar-refractivity contribution in [3.63, 3.8) is 0 Å². The number of hydrogen-bond donors (Lipinski definition) is 0. The van der Waals surface area contributed by atoms with Crippen molar-refractivity contribution < 1.29 is 27.4 Å². The van der Waals surface area contributed by atoms with E-state index in [1.165, 1.54) is 0 Å². The van der Waals surface area contributed by atoms with Gasteiger partial charge < -0.3 is 14.2 Å². The molecule has 3 rings (SSSR count). The number of esters is 1. The van der Waals surface area contributed by atoms with Crippen LogP contribution in [0.25, 0.3) is 11.1 Å². The number of carbonyl (C=O) groups excluding carboxylic acids is 1. The van der Waals surface area contributed by atoms with Gasteiger partial charge in [0, 0.05) is 12.2 Å². The third-order valence-electron chi connectivity index (χ3n) is 6.19. The molecular weight excluding hydrogens is 512 g/mol. The average Bonchev–Trinajstić information content (AvgIpc) is 2.86. The van der Waals surface area contributed by atoms with Crippen LogP contribution in [0.1, 0.15) is 56.4 Å². The minimum absolute atomic E-state index is 0.0141. The Morgan fingerprint density at radius 2 is 1.51 bits per heavy atom. The second-order valence-electron chi connectivity index (χ2n) is 10.7. The van der Waals surface area contributed by atoms with E-state index in [4.69, 9.17) is 14.2 Å². The molecule has 0 N–H and O–H groups in total. The van der Waals surface area contributed by atoms with E-state index in [-0.39, 0.29) is 24.1 Å². The lowest BCUT2D eigenvalue weighted by atomic mass is 9.94. The quantitative estimate of drug-likeness (QED) is 0.235. The molecule has 0 saturated heterocycles. The lowest BCUT2D eigenvalue weighted by Crippen LogP contribution is -2.23. The molecule has 210 valence electrons. The normalized spacial score (nSPS) is 11.7. The number of aryl methyl sites for hydroxylation is 3. The van der Waals surface area contributed by atoms with Gasteiger partial charge in [0.1, 0.15) is 30.3 Å². The molecule has 0 radical (unpaired) electrons. The average molecular weight is 553 g/mol. The van der Waals surface area contributed by atoms with Crippen molar-refractivity contribution in [2.75, 3.05) is 18.1 Å². The SMILES string of the molecule is CCS(=O)(=O)CCOc1cc(C)c(-c2cccc(COc3ccc(CCC(=O)OC(C)(C)C)cc3)c2)c(C)c1. The number of sulfone groups is 1. The van der Waals surface area contributed by atoms with Crippen LogP contribution in [0.2, 0.25) is 0 Å². The zero-order chi connectivity index (χ0) is 28.6. The van der Waals surface area contributed by atoms with Gasteiger partial charge in [-0.15, -0.1) is 0 Å². The zero-order valence-electron chi connectivity index (χ0n) is 23.9. The van der Waals surface area contributed by atoms with Crippen molar-refractivity contribution in [1.82, 2.24) is 0 Å². The molecule has 0 aliphatic heterocycles. The van der Waals surface area contributed by atoms with Crippen molar-refractivity contribution in [2.24, 2.45) is 0 Å². The smallest absolute Gasteiger partial charge is 0.306 e. The molecule has 0 unspecified atom stereocenters. The van der Waals surface area contributed by atoms with E-state index in [0.717, 1.165) is 39.1 Å². The summed E-state index contributed by atoms with van der Waals surface area (Å²) in [6.45, 7) is 11.9. The first-order valence-corrected chi connectivity index (χ1v) is 15.1. The van der Waals surface area contributed by atoms with E-state index < -0.39 is 15.4 Å². The van der Waals surface area contributed by atoms with E-state index >= 15 is 0 Å². The van der Waals surface area contributed by atoms with Crippen LogP contribution in [-0.2, 0) is 32.4 Å². The van der Waals surface area contributed by atoms with Gasteiger partial charge in [-0.3, -0.25) is 4.79 Å². The lowest BCUT2D eigenvalue weighted by molar-refractivity contribution is -0.154. The van der Waals surface area contributed by atoms with Crippen molar-refractivity contribution >= 4 is 15.8 Å². The summed E-state index contributed by atoms with van der Waals surface area (Å²) in [4.78, 5) is 12.0. The van der Waals surface area contributed by atoms with Gasteiger partial charge in [0.25, 0.3) is 0 Å². The maximum atomic E-state index is 12.0. The minimum atomic E-state index is -3.06. The first kappa shape index (κ1) is 30.2. The molecule has 0 aliphatic carbocycles. The number of benzene rings is 3. The second-order valence-corrected chi connectivity index (χ2v) is 13.2.